The number of rotatable bonds is 6. The van der Waals surface area contributed by atoms with Crippen LogP contribution in [0.5, 0.6) is 5.75 Å². The third kappa shape index (κ3) is 5.68. The highest BCUT2D eigenvalue weighted by molar-refractivity contribution is 5.94. The van der Waals surface area contributed by atoms with Crippen LogP contribution in [0.2, 0.25) is 0 Å². The fourth-order valence-electron chi connectivity index (χ4n) is 2.58. The first-order valence-corrected chi connectivity index (χ1v) is 8.24. The molecule has 0 bridgehead atoms. The molecule has 136 valence electrons. The average Bonchev–Trinajstić information content (AvgIpc) is 2.56. The van der Waals surface area contributed by atoms with Gasteiger partial charge in [0.05, 0.1) is 18.5 Å². The van der Waals surface area contributed by atoms with Gasteiger partial charge in [0.25, 0.3) is 0 Å². The van der Waals surface area contributed by atoms with Gasteiger partial charge in [-0.15, -0.1) is 12.4 Å². The molecule has 2 aromatic rings. The van der Waals surface area contributed by atoms with Crippen molar-refractivity contribution >= 4 is 29.7 Å². The van der Waals surface area contributed by atoms with Crippen molar-refractivity contribution in [3.63, 3.8) is 0 Å². The Kier molecular flexibility index (Phi) is 7.78. The number of amides is 1. The quantitative estimate of drug-likeness (QED) is 0.714. The Balaban J connectivity index is 0.00000312. The number of nitrogens with two attached hydrogens (primary N) is 1. The first-order valence-electron chi connectivity index (χ1n) is 8.24. The van der Waals surface area contributed by atoms with E-state index in [0.717, 1.165) is 5.56 Å². The van der Waals surface area contributed by atoms with E-state index in [4.69, 9.17) is 10.5 Å². The van der Waals surface area contributed by atoms with Gasteiger partial charge in [0.15, 0.2) is 0 Å². The summed E-state index contributed by atoms with van der Waals surface area (Å²) in [5, 5.41) is 2.87. The van der Waals surface area contributed by atoms with Gasteiger partial charge in [-0.25, -0.2) is 0 Å². The highest BCUT2D eigenvalue weighted by Crippen LogP contribution is 2.26. The minimum Gasteiger partial charge on any atom is -0.497 e. The average molecular weight is 363 g/mol. The number of nitrogens with one attached hydrogen (secondary N) is 1. The second kappa shape index (κ2) is 9.33. The van der Waals surface area contributed by atoms with Gasteiger partial charge in [-0.3, -0.25) is 4.79 Å². The molecule has 2 aromatic carbocycles. The van der Waals surface area contributed by atoms with Gasteiger partial charge in [-0.1, -0.05) is 45.0 Å². The molecule has 0 aliphatic carbocycles. The van der Waals surface area contributed by atoms with Crippen molar-refractivity contribution in [3.8, 4) is 5.75 Å². The zero-order valence-electron chi connectivity index (χ0n) is 15.2. The Bertz CT molecular complexity index is 699. The monoisotopic (exact) mass is 362 g/mol. The van der Waals surface area contributed by atoms with Crippen LogP contribution in [-0.2, 0) is 4.79 Å². The number of methoxy groups -OCH3 is 1. The van der Waals surface area contributed by atoms with Crippen LogP contribution >= 0.6 is 12.4 Å². The Morgan fingerprint density at radius 1 is 1.08 bits per heavy atom. The smallest absolute Gasteiger partial charge is 0.225 e. The number of halogens is 1. The maximum Gasteiger partial charge on any atom is 0.225 e. The van der Waals surface area contributed by atoms with Gasteiger partial charge in [0, 0.05) is 12.5 Å². The van der Waals surface area contributed by atoms with Crippen LogP contribution < -0.4 is 15.8 Å². The van der Waals surface area contributed by atoms with Gasteiger partial charge in [0.1, 0.15) is 5.75 Å². The van der Waals surface area contributed by atoms with Gasteiger partial charge in [0.2, 0.25) is 5.91 Å². The van der Waals surface area contributed by atoms with Gasteiger partial charge >= 0.3 is 0 Å². The lowest BCUT2D eigenvalue weighted by molar-refractivity contribution is -0.116. The summed E-state index contributed by atoms with van der Waals surface area (Å²) >= 11 is 0. The summed E-state index contributed by atoms with van der Waals surface area (Å²) < 4.78 is 5.17. The van der Waals surface area contributed by atoms with Crippen molar-refractivity contribution in [2.24, 2.45) is 0 Å². The van der Waals surface area contributed by atoms with Crippen LogP contribution in [0, 0.1) is 0 Å². The summed E-state index contributed by atoms with van der Waals surface area (Å²) in [5.74, 6) is 1.25. The van der Waals surface area contributed by atoms with Crippen LogP contribution in [0.4, 0.5) is 11.4 Å². The molecule has 0 aliphatic rings. The van der Waals surface area contributed by atoms with Crippen molar-refractivity contribution in [3.05, 3.63) is 53.6 Å². The van der Waals surface area contributed by atoms with Gasteiger partial charge in [-0.05, 0) is 35.1 Å². The molecule has 1 amide bonds. The number of hydrogen-bond donors (Lipinski definition) is 2. The summed E-state index contributed by atoms with van der Waals surface area (Å²) in [4.78, 5) is 12.3. The van der Waals surface area contributed by atoms with E-state index in [9.17, 15) is 4.79 Å². The van der Waals surface area contributed by atoms with E-state index in [0.29, 0.717) is 29.5 Å². The van der Waals surface area contributed by atoms with Crippen molar-refractivity contribution in [2.45, 2.75) is 39.0 Å². The van der Waals surface area contributed by atoms with Gasteiger partial charge < -0.3 is 15.8 Å². The predicted molar refractivity (Wildman–Crippen MR) is 107 cm³/mol. The highest BCUT2D eigenvalue weighted by atomic mass is 35.5. The lowest BCUT2D eigenvalue weighted by Crippen LogP contribution is -2.15. The van der Waals surface area contributed by atoms with E-state index in [1.165, 1.54) is 5.56 Å². The lowest BCUT2D eigenvalue weighted by atomic mass is 9.94. The Hall–Kier alpha value is -2.20. The zero-order valence-corrected chi connectivity index (χ0v) is 16.0. The molecule has 1 atom stereocenters. The maximum absolute atomic E-state index is 12.3. The summed E-state index contributed by atoms with van der Waals surface area (Å²) in [6, 6.07) is 13.7. The number of anilines is 2. The van der Waals surface area contributed by atoms with Crippen LogP contribution in [0.15, 0.2) is 42.5 Å². The molecule has 0 saturated heterocycles. The van der Waals surface area contributed by atoms with E-state index < -0.39 is 0 Å². The normalized spacial score (nSPS) is 11.6. The second-order valence-corrected chi connectivity index (χ2v) is 6.43. The molecular weight excluding hydrogens is 336 g/mol. The third-order valence-electron chi connectivity index (χ3n) is 4.20. The van der Waals surface area contributed by atoms with E-state index in [2.05, 4.69) is 50.4 Å². The molecule has 0 spiro atoms. The van der Waals surface area contributed by atoms with Crippen molar-refractivity contribution in [1.82, 2.24) is 0 Å². The van der Waals surface area contributed by atoms with Crippen LogP contribution in [0.3, 0.4) is 0 Å². The number of carbonyl (C=O) groups excluding carboxylic acids is 1. The van der Waals surface area contributed by atoms with Crippen LogP contribution in [-0.4, -0.2) is 13.0 Å². The Labute approximate surface area is 156 Å². The topological polar surface area (TPSA) is 64.3 Å². The molecule has 0 aliphatic heterocycles. The summed E-state index contributed by atoms with van der Waals surface area (Å²) in [7, 11) is 1.58. The van der Waals surface area contributed by atoms with Crippen LogP contribution in [0.1, 0.15) is 50.2 Å². The molecule has 25 heavy (non-hydrogen) atoms. The summed E-state index contributed by atoms with van der Waals surface area (Å²) in [5.41, 5.74) is 9.49. The molecule has 5 heteroatoms. The summed E-state index contributed by atoms with van der Waals surface area (Å²) in [6.07, 6.45) is 0.400. The molecule has 1 unspecified atom stereocenters. The number of ether oxygens (including phenoxy) is 1. The molecule has 0 fully saturated rings. The SMILES string of the molecule is COc1ccc(N)c(NC(=O)CC(C)c2ccc(C(C)C)cc2)c1.Cl. The van der Waals surface area contributed by atoms with E-state index >= 15 is 0 Å². The minimum atomic E-state index is -0.0598. The second-order valence-electron chi connectivity index (χ2n) is 6.43. The van der Waals surface area contributed by atoms with Crippen molar-refractivity contribution < 1.29 is 9.53 Å². The number of nitrogen functional groups attached to an aromatic ring is 1. The lowest BCUT2D eigenvalue weighted by Gasteiger charge is -2.15. The highest BCUT2D eigenvalue weighted by Gasteiger charge is 2.13. The molecule has 0 heterocycles. The molecule has 0 saturated carbocycles. The Morgan fingerprint density at radius 3 is 2.24 bits per heavy atom. The fraction of sp³-hybridized carbons (Fsp3) is 0.350. The Morgan fingerprint density at radius 2 is 1.68 bits per heavy atom. The van der Waals surface area contributed by atoms with Gasteiger partial charge in [-0.2, -0.15) is 0 Å². The molecular formula is C20H27ClN2O2. The molecule has 2 rings (SSSR count). The standard InChI is InChI=1S/C20H26N2O2.ClH/c1-13(2)15-5-7-16(8-6-15)14(3)11-20(23)22-19-12-17(24-4)9-10-18(19)21;/h5-10,12-14H,11,21H2,1-4H3,(H,22,23);1H. The number of carbonyl (C=O) groups is 1. The molecule has 3 N–H and O–H groups in total. The number of hydrogen-bond acceptors (Lipinski definition) is 3. The van der Waals surface area contributed by atoms with E-state index in [-0.39, 0.29) is 24.2 Å². The predicted octanol–water partition coefficient (Wildman–Crippen LogP) is 4.95. The zero-order chi connectivity index (χ0) is 17.7. The van der Waals surface area contributed by atoms with E-state index in [1.807, 2.05) is 0 Å². The maximum atomic E-state index is 12.3. The molecule has 4 nitrogen and oxygen atoms in total. The van der Waals surface area contributed by atoms with Crippen molar-refractivity contribution in [1.29, 1.82) is 0 Å². The largest absolute Gasteiger partial charge is 0.497 e. The molecule has 0 aromatic heterocycles. The first-order chi connectivity index (χ1) is 11.4. The van der Waals surface area contributed by atoms with Crippen molar-refractivity contribution in [2.75, 3.05) is 18.2 Å². The summed E-state index contributed by atoms with van der Waals surface area (Å²) in [6.45, 7) is 6.40. The first kappa shape index (κ1) is 20.8. The van der Waals surface area contributed by atoms with Crippen LogP contribution in [0.25, 0.3) is 0 Å². The minimum absolute atomic E-state index is 0. The van der Waals surface area contributed by atoms with E-state index in [1.54, 1.807) is 25.3 Å². The fourth-order valence-corrected chi connectivity index (χ4v) is 2.58. The number of benzene rings is 2. The molecule has 0 radical (unpaired) electrons. The third-order valence-corrected chi connectivity index (χ3v) is 4.20.